The third-order valence-corrected chi connectivity index (χ3v) is 7.61. The van der Waals surface area contributed by atoms with Gasteiger partial charge >= 0.3 is 5.97 Å². The summed E-state index contributed by atoms with van der Waals surface area (Å²) in [6.45, 7) is 3.35. The highest BCUT2D eigenvalue weighted by atomic mass is 16.6. The van der Waals surface area contributed by atoms with Gasteiger partial charge in [-0.15, -0.1) is 0 Å². The molecule has 0 spiro atoms. The molecular formula is C23H28N2O4. The highest BCUT2D eigenvalue weighted by Gasteiger charge is 2.68. The molecule has 0 radical (unpaired) electrons. The Labute approximate surface area is 171 Å². The van der Waals surface area contributed by atoms with Crippen molar-refractivity contribution in [2.24, 2.45) is 5.92 Å². The van der Waals surface area contributed by atoms with Crippen molar-refractivity contribution in [1.82, 2.24) is 4.90 Å². The molecule has 2 bridgehead atoms. The molecule has 1 N–H and O–H groups in total. The molecule has 3 aliphatic carbocycles. The number of nitrogens with one attached hydrogen (secondary N) is 1. The van der Waals surface area contributed by atoms with Gasteiger partial charge in [0.15, 0.2) is 5.78 Å². The molecule has 0 aromatic heterocycles. The van der Waals surface area contributed by atoms with Crippen molar-refractivity contribution >= 4 is 17.5 Å². The Morgan fingerprint density at radius 2 is 2.10 bits per heavy atom. The highest BCUT2D eigenvalue weighted by molar-refractivity contribution is 6.40. The van der Waals surface area contributed by atoms with Gasteiger partial charge < -0.3 is 14.9 Å². The number of Topliss-reactive ketones (excluding diaryl/α,β-unsaturated/α-hetero) is 1. The van der Waals surface area contributed by atoms with Crippen LogP contribution >= 0.6 is 0 Å². The van der Waals surface area contributed by atoms with E-state index in [1.54, 1.807) is 7.11 Å². The van der Waals surface area contributed by atoms with Crippen molar-refractivity contribution in [3.63, 3.8) is 0 Å². The SMILES string of the molecule is COc1ccc2c(c1)C13CCN(CC4CC4)[C@H](C2)[C@]1(OC(C)=O)CC(=N)C(=O)C3. The molecule has 6 nitrogen and oxygen atoms in total. The summed E-state index contributed by atoms with van der Waals surface area (Å²) in [6, 6.07) is 6.10. The lowest BCUT2D eigenvalue weighted by molar-refractivity contribution is -0.197. The molecule has 6 heteroatoms. The first-order chi connectivity index (χ1) is 13.9. The molecule has 2 saturated carbocycles. The third kappa shape index (κ3) is 2.68. The number of carbonyl (C=O) groups is 2. The van der Waals surface area contributed by atoms with E-state index in [4.69, 9.17) is 14.9 Å². The average Bonchev–Trinajstić information content (AvgIpc) is 3.49. The Morgan fingerprint density at radius 3 is 2.79 bits per heavy atom. The van der Waals surface area contributed by atoms with E-state index < -0.39 is 11.0 Å². The first-order valence-corrected chi connectivity index (χ1v) is 10.6. The Kier molecular flexibility index (Phi) is 4.14. The zero-order valence-electron chi connectivity index (χ0n) is 17.1. The van der Waals surface area contributed by atoms with Crippen LogP contribution in [0.4, 0.5) is 0 Å². The number of likely N-dealkylation sites (tertiary alicyclic amines) is 1. The Balaban J connectivity index is 1.72. The highest BCUT2D eigenvalue weighted by Crippen LogP contribution is 2.59. The molecule has 1 aromatic rings. The number of carbonyl (C=O) groups excluding carboxylic acids is 2. The number of ether oxygens (including phenoxy) is 2. The van der Waals surface area contributed by atoms with Crippen molar-refractivity contribution < 1.29 is 19.1 Å². The topological polar surface area (TPSA) is 79.7 Å². The summed E-state index contributed by atoms with van der Waals surface area (Å²) >= 11 is 0. The predicted octanol–water partition coefficient (Wildman–Crippen LogP) is 2.66. The largest absolute Gasteiger partial charge is 0.497 e. The Morgan fingerprint density at radius 1 is 1.31 bits per heavy atom. The second-order valence-electron chi connectivity index (χ2n) is 9.25. The van der Waals surface area contributed by atoms with Crippen LogP contribution in [0, 0.1) is 11.3 Å². The molecule has 154 valence electrons. The van der Waals surface area contributed by atoms with Crippen LogP contribution < -0.4 is 4.74 Å². The molecular weight excluding hydrogens is 368 g/mol. The van der Waals surface area contributed by atoms with E-state index in [0.29, 0.717) is 0 Å². The van der Waals surface area contributed by atoms with Gasteiger partial charge in [-0.05, 0) is 61.4 Å². The Hall–Kier alpha value is -2.21. The zero-order valence-corrected chi connectivity index (χ0v) is 17.1. The maximum Gasteiger partial charge on any atom is 0.303 e. The van der Waals surface area contributed by atoms with E-state index in [-0.39, 0.29) is 36.3 Å². The molecule has 1 aliphatic heterocycles. The van der Waals surface area contributed by atoms with Crippen LogP contribution in [0.1, 0.15) is 50.2 Å². The second-order valence-corrected chi connectivity index (χ2v) is 9.25. The molecule has 1 unspecified atom stereocenters. The number of fused-ring (bicyclic) bond motifs is 1. The van der Waals surface area contributed by atoms with Crippen LogP contribution in [0.15, 0.2) is 18.2 Å². The van der Waals surface area contributed by atoms with Crippen molar-refractivity contribution in [2.75, 3.05) is 20.2 Å². The van der Waals surface area contributed by atoms with Gasteiger partial charge in [0.05, 0.1) is 18.9 Å². The minimum Gasteiger partial charge on any atom is -0.497 e. The van der Waals surface area contributed by atoms with Gasteiger partial charge in [0.1, 0.15) is 11.4 Å². The molecule has 29 heavy (non-hydrogen) atoms. The van der Waals surface area contributed by atoms with Crippen LogP contribution in [-0.2, 0) is 26.2 Å². The normalized spacial score (nSPS) is 33.7. The average molecular weight is 396 g/mol. The summed E-state index contributed by atoms with van der Waals surface area (Å²) < 4.78 is 11.7. The number of hydrogen-bond acceptors (Lipinski definition) is 6. The maximum atomic E-state index is 12.8. The smallest absolute Gasteiger partial charge is 0.303 e. The maximum absolute atomic E-state index is 12.8. The van der Waals surface area contributed by atoms with Crippen LogP contribution in [-0.4, -0.2) is 54.2 Å². The van der Waals surface area contributed by atoms with E-state index in [2.05, 4.69) is 11.0 Å². The van der Waals surface area contributed by atoms with E-state index in [9.17, 15) is 9.59 Å². The molecule has 3 atom stereocenters. The van der Waals surface area contributed by atoms with E-state index in [0.717, 1.165) is 43.2 Å². The second kappa shape index (κ2) is 6.39. The fraction of sp³-hybridized carbons (Fsp3) is 0.609. The standard InChI is InChI=1S/C23H28N2O4/c1-14(26)29-23-11-19(24)20(27)12-22(23)7-8-25(13-15-3-4-15)21(23)9-16-5-6-17(28-2)10-18(16)22/h5-6,10,15,21,24H,3-4,7-9,11-13H2,1-2H3/t21-,22?,23-/m1/s1. The number of esters is 1. The van der Waals surface area contributed by atoms with E-state index in [1.165, 1.54) is 25.3 Å². The van der Waals surface area contributed by atoms with E-state index in [1.807, 2.05) is 12.1 Å². The van der Waals surface area contributed by atoms with Crippen LogP contribution in [0.2, 0.25) is 0 Å². The number of ketones is 1. The number of piperidine rings is 1. The van der Waals surface area contributed by atoms with Crippen molar-refractivity contribution in [3.05, 3.63) is 29.3 Å². The number of benzene rings is 1. The lowest BCUT2D eigenvalue weighted by Crippen LogP contribution is -2.75. The minimum absolute atomic E-state index is 0.00454. The first kappa shape index (κ1) is 18.8. The first-order valence-electron chi connectivity index (χ1n) is 10.6. The quantitative estimate of drug-likeness (QED) is 0.792. The molecule has 0 amide bonds. The zero-order chi connectivity index (χ0) is 20.4. The summed E-state index contributed by atoms with van der Waals surface area (Å²) in [4.78, 5) is 27.6. The fourth-order valence-corrected chi connectivity index (χ4v) is 6.16. The monoisotopic (exact) mass is 396 g/mol. The number of methoxy groups -OCH3 is 1. The summed E-state index contributed by atoms with van der Waals surface area (Å²) in [7, 11) is 1.64. The molecule has 1 aromatic carbocycles. The third-order valence-electron chi connectivity index (χ3n) is 7.61. The minimum atomic E-state index is -0.865. The molecule has 4 aliphatic rings. The van der Waals surface area contributed by atoms with Crippen LogP contribution in [0.3, 0.4) is 0 Å². The van der Waals surface area contributed by atoms with Crippen molar-refractivity contribution in [2.45, 2.75) is 62.5 Å². The Bertz CT molecular complexity index is 908. The number of nitrogens with zero attached hydrogens (tertiary/aromatic N) is 1. The molecule has 1 heterocycles. The number of rotatable bonds is 4. The number of hydrogen-bond donors (Lipinski definition) is 1. The lowest BCUT2D eigenvalue weighted by Gasteiger charge is -2.64. The van der Waals surface area contributed by atoms with Gasteiger partial charge in [-0.2, -0.15) is 0 Å². The summed E-state index contributed by atoms with van der Waals surface area (Å²) in [6.07, 6.45) is 4.47. The molecule has 1 saturated heterocycles. The van der Waals surface area contributed by atoms with Crippen molar-refractivity contribution in [1.29, 1.82) is 5.41 Å². The van der Waals surface area contributed by atoms with Gasteiger partial charge in [0.2, 0.25) is 0 Å². The van der Waals surface area contributed by atoms with Gasteiger partial charge in [-0.25, -0.2) is 0 Å². The van der Waals surface area contributed by atoms with Crippen molar-refractivity contribution in [3.8, 4) is 5.75 Å². The van der Waals surface area contributed by atoms with Gasteiger partial charge in [0.25, 0.3) is 0 Å². The van der Waals surface area contributed by atoms with E-state index >= 15 is 0 Å². The summed E-state index contributed by atoms with van der Waals surface area (Å²) in [5.41, 5.74) is 0.914. The van der Waals surface area contributed by atoms with Gasteiger partial charge in [-0.3, -0.25) is 14.5 Å². The lowest BCUT2D eigenvalue weighted by atomic mass is 9.49. The summed E-state index contributed by atoms with van der Waals surface area (Å²) in [5.74, 6) is 1.01. The molecule has 3 fully saturated rings. The predicted molar refractivity (Wildman–Crippen MR) is 108 cm³/mol. The fourth-order valence-electron chi connectivity index (χ4n) is 6.16. The van der Waals surface area contributed by atoms with Gasteiger partial charge in [-0.1, -0.05) is 6.07 Å². The summed E-state index contributed by atoms with van der Waals surface area (Å²) in [5, 5.41) is 8.36. The molecule has 5 rings (SSSR count). The van der Waals surface area contributed by atoms with Gasteiger partial charge in [0, 0.05) is 31.7 Å². The van der Waals surface area contributed by atoms with Crippen LogP contribution in [0.5, 0.6) is 5.75 Å². The van der Waals surface area contributed by atoms with Crippen LogP contribution in [0.25, 0.3) is 0 Å².